The Labute approximate surface area is 105 Å². The van der Waals surface area contributed by atoms with Crippen LogP contribution in [0.4, 0.5) is 0 Å². The molecular weight excluding hydrogens is 207 g/mol. The zero-order chi connectivity index (χ0) is 12.7. The molecule has 0 aliphatic heterocycles. The van der Waals surface area contributed by atoms with E-state index in [9.17, 15) is 0 Å². The normalized spacial score (nSPS) is 13.9. The van der Waals surface area contributed by atoms with E-state index in [1.54, 1.807) is 7.48 Å². The van der Waals surface area contributed by atoms with Gasteiger partial charge in [0.05, 0.1) is 0 Å². The number of rotatable bonds is 4. The summed E-state index contributed by atoms with van der Waals surface area (Å²) in [5.74, 6) is 1.92. The summed E-state index contributed by atoms with van der Waals surface area (Å²) in [5, 5.41) is 2.49. The van der Waals surface area contributed by atoms with E-state index in [1.807, 2.05) is 25.9 Å². The maximum atomic E-state index is 5.32. The highest BCUT2D eigenvalue weighted by molar-refractivity contribution is 6.34. The van der Waals surface area contributed by atoms with Crippen LogP contribution in [0.25, 0.3) is 12.2 Å². The third-order valence-corrected chi connectivity index (χ3v) is 2.37. The third-order valence-electron chi connectivity index (χ3n) is 2.37. The van der Waals surface area contributed by atoms with Gasteiger partial charge in [-0.15, -0.1) is 0 Å². The molecule has 1 aromatic rings. The van der Waals surface area contributed by atoms with Crippen molar-refractivity contribution >= 4 is 19.6 Å². The van der Waals surface area contributed by atoms with Crippen LogP contribution in [0, 0.1) is 6.92 Å². The summed E-state index contributed by atoms with van der Waals surface area (Å²) >= 11 is 0. The predicted molar refractivity (Wildman–Crippen MR) is 76.1 cm³/mol. The van der Waals surface area contributed by atoms with E-state index in [1.165, 1.54) is 16.0 Å². The summed E-state index contributed by atoms with van der Waals surface area (Å²) in [6.45, 7) is 8.19. The summed E-state index contributed by atoms with van der Waals surface area (Å²) in [7, 11) is 1.73. The highest BCUT2D eigenvalue weighted by atomic mass is 16.4. The number of benzene rings is 1. The molecule has 1 nitrogen and oxygen atoms in total. The van der Waals surface area contributed by atoms with E-state index in [-0.39, 0.29) is 6.10 Å². The molecule has 1 aromatic carbocycles. The van der Waals surface area contributed by atoms with Gasteiger partial charge < -0.3 is 4.65 Å². The zero-order valence-corrected chi connectivity index (χ0v) is 11.1. The van der Waals surface area contributed by atoms with Crippen LogP contribution in [0.3, 0.4) is 0 Å². The van der Waals surface area contributed by atoms with Gasteiger partial charge in [0.25, 0.3) is 0 Å². The van der Waals surface area contributed by atoms with Gasteiger partial charge in [-0.2, -0.15) is 0 Å². The van der Waals surface area contributed by atoms with Gasteiger partial charge in [-0.25, -0.2) is 0 Å². The number of hydrogen-bond acceptors (Lipinski definition) is 1. The first-order valence-corrected chi connectivity index (χ1v) is 6.02. The minimum atomic E-state index is 0.235. The molecule has 89 valence electrons. The van der Waals surface area contributed by atoms with Crippen LogP contribution in [0.2, 0.25) is 0 Å². The van der Waals surface area contributed by atoms with Gasteiger partial charge in [0, 0.05) is 6.10 Å². The lowest BCUT2D eigenvalue weighted by atomic mass is 10.0. The Morgan fingerprint density at radius 2 is 2.00 bits per heavy atom. The predicted octanol–water partition coefficient (Wildman–Crippen LogP) is 2.13. The fourth-order valence-electron chi connectivity index (χ4n) is 1.50. The smallest absolute Gasteiger partial charge is 0.322 e. The van der Waals surface area contributed by atoms with Crippen LogP contribution in [0.15, 0.2) is 30.3 Å². The maximum Gasteiger partial charge on any atom is 0.322 e. The first-order chi connectivity index (χ1) is 8.13. The molecule has 0 unspecified atom stereocenters. The minimum Gasteiger partial charge on any atom is -0.433 e. The lowest BCUT2D eigenvalue weighted by Crippen LogP contribution is -2.23. The quantitative estimate of drug-likeness (QED) is 0.716. The molecule has 0 aliphatic carbocycles. The highest BCUT2D eigenvalue weighted by Gasteiger charge is 1.90. The Hall–Kier alpha value is -1.28. The van der Waals surface area contributed by atoms with Crippen molar-refractivity contribution in [1.82, 2.24) is 0 Å². The molecule has 1 radical (unpaired) electrons. The Balaban J connectivity index is 2.79. The molecule has 0 aliphatic rings. The van der Waals surface area contributed by atoms with Gasteiger partial charge >= 0.3 is 7.48 Å². The molecule has 2 heteroatoms. The highest BCUT2D eigenvalue weighted by Crippen LogP contribution is 1.87. The monoisotopic (exact) mass is 227 g/mol. The van der Waals surface area contributed by atoms with Crippen molar-refractivity contribution in [2.45, 2.75) is 33.8 Å². The van der Waals surface area contributed by atoms with Gasteiger partial charge in [-0.1, -0.05) is 48.0 Å². The summed E-state index contributed by atoms with van der Waals surface area (Å²) in [6, 6.07) is 6.45. The minimum absolute atomic E-state index is 0.235. The van der Waals surface area contributed by atoms with Crippen LogP contribution in [0.5, 0.6) is 0 Å². The molecule has 0 fully saturated rings. The van der Waals surface area contributed by atoms with Crippen molar-refractivity contribution in [3.05, 3.63) is 46.3 Å². The van der Waals surface area contributed by atoms with Crippen LogP contribution in [-0.2, 0) is 4.65 Å². The second-order valence-electron chi connectivity index (χ2n) is 4.29. The topological polar surface area (TPSA) is 9.23 Å². The fourth-order valence-corrected chi connectivity index (χ4v) is 1.50. The van der Waals surface area contributed by atoms with E-state index in [0.717, 1.165) is 0 Å². The summed E-state index contributed by atoms with van der Waals surface area (Å²) in [4.78, 5) is 0. The largest absolute Gasteiger partial charge is 0.433 e. The molecule has 0 spiro atoms. The van der Waals surface area contributed by atoms with E-state index in [0.29, 0.717) is 0 Å². The number of hydrogen-bond donors (Lipinski definition) is 0. The SMILES string of the molecule is C/C=c1/cc(C)cc/c1=C/C=C/[B]OC(C)C. The van der Waals surface area contributed by atoms with Crippen LogP contribution < -0.4 is 10.4 Å². The Bertz CT molecular complexity index is 486. The van der Waals surface area contributed by atoms with Gasteiger partial charge in [0.2, 0.25) is 0 Å². The Kier molecular flexibility index (Phi) is 5.78. The molecule has 0 heterocycles. The second-order valence-corrected chi connectivity index (χ2v) is 4.29. The molecule has 1 rings (SSSR count). The first kappa shape index (κ1) is 13.8. The molecule has 0 saturated heterocycles. The summed E-state index contributed by atoms with van der Waals surface area (Å²) in [6.07, 6.45) is 6.45. The molecule has 0 N–H and O–H groups in total. The average Bonchev–Trinajstić information content (AvgIpc) is 2.29. The van der Waals surface area contributed by atoms with E-state index in [2.05, 4.69) is 44.2 Å². The molecule has 17 heavy (non-hydrogen) atoms. The van der Waals surface area contributed by atoms with Crippen molar-refractivity contribution in [3.63, 3.8) is 0 Å². The van der Waals surface area contributed by atoms with Crippen molar-refractivity contribution in [1.29, 1.82) is 0 Å². The summed E-state index contributed by atoms with van der Waals surface area (Å²) in [5.41, 5.74) is 1.29. The molecule has 0 aromatic heterocycles. The number of allylic oxidation sites excluding steroid dienone is 1. The number of aryl methyl sites for hydroxylation is 1. The average molecular weight is 227 g/mol. The third kappa shape index (κ3) is 5.05. The molecule has 0 atom stereocenters. The Morgan fingerprint density at radius 1 is 1.24 bits per heavy atom. The lowest BCUT2D eigenvalue weighted by Gasteiger charge is -2.01. The molecule has 0 amide bonds. The van der Waals surface area contributed by atoms with Crippen molar-refractivity contribution in [2.24, 2.45) is 0 Å². The first-order valence-electron chi connectivity index (χ1n) is 6.02. The van der Waals surface area contributed by atoms with Crippen LogP contribution in [0.1, 0.15) is 26.3 Å². The van der Waals surface area contributed by atoms with E-state index >= 15 is 0 Å². The summed E-state index contributed by atoms with van der Waals surface area (Å²) < 4.78 is 5.32. The van der Waals surface area contributed by atoms with Crippen LogP contribution in [-0.4, -0.2) is 13.6 Å². The standard InChI is InChI=1S/C15H20BO/c1-5-14-11-13(4)8-9-15(14)7-6-10-16-17-12(2)3/h5-12H,1-4H3/b10-6+,14-5-,15-7-. The van der Waals surface area contributed by atoms with E-state index in [4.69, 9.17) is 4.65 Å². The van der Waals surface area contributed by atoms with Gasteiger partial charge in [-0.05, 0) is 38.1 Å². The van der Waals surface area contributed by atoms with Gasteiger partial charge in [0.15, 0.2) is 0 Å². The molecule has 0 bridgehead atoms. The Morgan fingerprint density at radius 3 is 2.65 bits per heavy atom. The van der Waals surface area contributed by atoms with Gasteiger partial charge in [-0.3, -0.25) is 0 Å². The van der Waals surface area contributed by atoms with Crippen LogP contribution >= 0.6 is 0 Å². The second kappa shape index (κ2) is 7.13. The van der Waals surface area contributed by atoms with Crippen molar-refractivity contribution in [3.8, 4) is 0 Å². The maximum absolute atomic E-state index is 5.32. The fraction of sp³-hybridized carbons (Fsp3) is 0.333. The van der Waals surface area contributed by atoms with E-state index < -0.39 is 0 Å². The molecule has 0 saturated carbocycles. The van der Waals surface area contributed by atoms with Gasteiger partial charge in [0.1, 0.15) is 0 Å². The lowest BCUT2D eigenvalue weighted by molar-refractivity contribution is 0.260. The van der Waals surface area contributed by atoms with Crippen molar-refractivity contribution < 1.29 is 4.65 Å². The molecular formula is C15H20BO. The zero-order valence-electron chi connectivity index (χ0n) is 11.1. The van der Waals surface area contributed by atoms with Crippen molar-refractivity contribution in [2.75, 3.05) is 0 Å².